The van der Waals surface area contributed by atoms with Crippen LogP contribution in [0.4, 0.5) is 11.4 Å². The molecule has 1 aromatic heterocycles. The second kappa shape index (κ2) is 10.6. The number of methoxy groups -OCH3 is 1. The lowest BCUT2D eigenvalue weighted by atomic mass is 10.1. The Bertz CT molecular complexity index is 1090. The zero-order valence-corrected chi connectivity index (χ0v) is 19.2. The summed E-state index contributed by atoms with van der Waals surface area (Å²) < 4.78 is 5.85. The van der Waals surface area contributed by atoms with Crippen LogP contribution in [-0.4, -0.2) is 35.4 Å². The second-order valence-corrected chi connectivity index (χ2v) is 9.84. The van der Waals surface area contributed by atoms with E-state index >= 15 is 0 Å². The lowest BCUT2D eigenvalue weighted by Crippen LogP contribution is -2.14. The maximum absolute atomic E-state index is 12.7. The Hall–Kier alpha value is -2.97. The number of rotatable bonds is 6. The number of hydrogen-bond donors (Lipinski definition) is 2. The van der Waals surface area contributed by atoms with Crippen LogP contribution in [0, 0.1) is 0 Å². The summed E-state index contributed by atoms with van der Waals surface area (Å²) in [6, 6.07) is 16.3. The fraction of sp³-hybridized carbons (Fsp3) is 0.208. The Morgan fingerprint density at radius 2 is 1.72 bits per heavy atom. The number of nitrogens with one attached hydrogen (secondary N) is 2. The normalized spacial score (nSPS) is 13.9. The predicted molar refractivity (Wildman–Crippen MR) is 132 cm³/mol. The number of hydrogen-bond acceptors (Lipinski definition) is 6. The average molecular weight is 466 g/mol. The van der Waals surface area contributed by atoms with Gasteiger partial charge in [-0.2, -0.15) is 0 Å². The lowest BCUT2D eigenvalue weighted by molar-refractivity contribution is 0.101. The maximum Gasteiger partial charge on any atom is 0.257 e. The highest BCUT2D eigenvalue weighted by Crippen LogP contribution is 2.43. The van der Waals surface area contributed by atoms with Gasteiger partial charge in [0.25, 0.3) is 11.8 Å². The van der Waals surface area contributed by atoms with Crippen LogP contribution in [0.5, 0.6) is 5.75 Å². The van der Waals surface area contributed by atoms with Crippen molar-refractivity contribution in [2.24, 2.45) is 0 Å². The van der Waals surface area contributed by atoms with E-state index in [1.54, 1.807) is 36.5 Å². The summed E-state index contributed by atoms with van der Waals surface area (Å²) in [5.41, 5.74) is 3.36. The van der Waals surface area contributed by atoms with Gasteiger partial charge in [-0.3, -0.25) is 14.6 Å². The Morgan fingerprint density at radius 1 is 0.969 bits per heavy atom. The van der Waals surface area contributed by atoms with Crippen molar-refractivity contribution in [2.75, 3.05) is 29.2 Å². The number of nitrogens with zero attached hydrogens (tertiary/aromatic N) is 1. The third-order valence-electron chi connectivity index (χ3n) is 4.90. The average Bonchev–Trinajstić information content (AvgIpc) is 2.86. The number of amides is 2. The number of pyridine rings is 1. The summed E-state index contributed by atoms with van der Waals surface area (Å²) in [5.74, 6) is 2.32. The van der Waals surface area contributed by atoms with Crippen molar-refractivity contribution in [3.8, 4) is 5.75 Å². The van der Waals surface area contributed by atoms with Gasteiger partial charge >= 0.3 is 0 Å². The molecule has 1 saturated heterocycles. The van der Waals surface area contributed by atoms with Crippen LogP contribution in [0.25, 0.3) is 0 Å². The summed E-state index contributed by atoms with van der Waals surface area (Å²) in [6.45, 7) is 0. The van der Waals surface area contributed by atoms with E-state index in [0.29, 0.717) is 32.8 Å². The second-order valence-electron chi connectivity index (χ2n) is 7.11. The molecule has 6 nitrogen and oxygen atoms in total. The first kappa shape index (κ1) is 22.2. The molecule has 0 atom stereocenters. The van der Waals surface area contributed by atoms with Gasteiger partial charge in [-0.15, -0.1) is 23.5 Å². The summed E-state index contributed by atoms with van der Waals surface area (Å²) in [4.78, 5) is 29.1. The van der Waals surface area contributed by atoms with Crippen LogP contribution < -0.4 is 15.4 Å². The minimum absolute atomic E-state index is 0.199. The molecule has 0 radical (unpaired) electrons. The van der Waals surface area contributed by atoms with E-state index in [2.05, 4.69) is 15.6 Å². The highest BCUT2D eigenvalue weighted by molar-refractivity contribution is 8.16. The van der Waals surface area contributed by atoms with Gasteiger partial charge in [-0.1, -0.05) is 12.1 Å². The molecule has 2 N–H and O–H groups in total. The minimum Gasteiger partial charge on any atom is -0.494 e. The first-order valence-electron chi connectivity index (χ1n) is 10.2. The molecule has 0 unspecified atom stereocenters. The molecule has 0 bridgehead atoms. The van der Waals surface area contributed by atoms with Crippen LogP contribution in [0.1, 0.15) is 37.3 Å². The Kier molecular flexibility index (Phi) is 7.34. The van der Waals surface area contributed by atoms with Crippen molar-refractivity contribution in [1.82, 2.24) is 4.98 Å². The van der Waals surface area contributed by atoms with Gasteiger partial charge in [0.2, 0.25) is 0 Å². The van der Waals surface area contributed by atoms with E-state index in [1.807, 2.05) is 47.8 Å². The first-order valence-corrected chi connectivity index (χ1v) is 12.3. The fourth-order valence-electron chi connectivity index (χ4n) is 3.24. The number of carbonyl (C=O) groups excluding carboxylic acids is 2. The number of benzene rings is 2. The smallest absolute Gasteiger partial charge is 0.257 e. The largest absolute Gasteiger partial charge is 0.494 e. The van der Waals surface area contributed by atoms with Crippen molar-refractivity contribution in [3.63, 3.8) is 0 Å². The van der Waals surface area contributed by atoms with Crippen LogP contribution >= 0.6 is 23.5 Å². The summed E-state index contributed by atoms with van der Waals surface area (Å²) in [6.07, 6.45) is 4.35. The standard InChI is InChI=1S/C24H23N3O3S2/c1-30-21-14-19(9-10-20(21)27-23(29)18-4-2-11-25-15-18)26-22(28)16-5-7-17(8-6-16)24-31-12-3-13-32-24/h2,4-11,14-15,24H,3,12-13H2,1H3,(H,26,28)(H,27,29). The topological polar surface area (TPSA) is 80.3 Å². The van der Waals surface area contributed by atoms with E-state index < -0.39 is 0 Å². The van der Waals surface area contributed by atoms with Gasteiger partial charge < -0.3 is 15.4 Å². The van der Waals surface area contributed by atoms with E-state index in [0.717, 1.165) is 0 Å². The zero-order chi connectivity index (χ0) is 22.3. The number of aromatic nitrogens is 1. The summed E-state index contributed by atoms with van der Waals surface area (Å²) in [7, 11) is 1.51. The molecule has 2 amide bonds. The number of carbonyl (C=O) groups is 2. The number of anilines is 2. The molecule has 1 fully saturated rings. The Morgan fingerprint density at radius 3 is 2.41 bits per heavy atom. The molecule has 1 aliphatic heterocycles. The van der Waals surface area contributed by atoms with Crippen LogP contribution in [0.15, 0.2) is 67.0 Å². The molecular weight excluding hydrogens is 442 g/mol. The highest BCUT2D eigenvalue weighted by Gasteiger charge is 2.17. The van der Waals surface area contributed by atoms with Gasteiger partial charge in [0.05, 0.1) is 22.9 Å². The van der Waals surface area contributed by atoms with Gasteiger partial charge in [-0.05, 0) is 59.9 Å². The quantitative estimate of drug-likeness (QED) is 0.503. The van der Waals surface area contributed by atoms with Crippen LogP contribution in [-0.2, 0) is 0 Å². The molecule has 2 aromatic carbocycles. The van der Waals surface area contributed by atoms with Crippen LogP contribution in [0.2, 0.25) is 0 Å². The molecule has 164 valence electrons. The van der Waals surface area contributed by atoms with Crippen molar-refractivity contribution < 1.29 is 14.3 Å². The molecule has 0 aliphatic carbocycles. The van der Waals surface area contributed by atoms with Gasteiger partial charge in [0, 0.05) is 29.7 Å². The van der Waals surface area contributed by atoms with Gasteiger partial charge in [0.1, 0.15) is 5.75 Å². The molecule has 32 heavy (non-hydrogen) atoms. The molecule has 0 saturated carbocycles. The van der Waals surface area contributed by atoms with Crippen LogP contribution in [0.3, 0.4) is 0 Å². The van der Waals surface area contributed by atoms with E-state index in [4.69, 9.17) is 4.74 Å². The predicted octanol–water partition coefficient (Wildman–Crippen LogP) is 5.46. The molecule has 0 spiro atoms. The summed E-state index contributed by atoms with van der Waals surface area (Å²) >= 11 is 3.91. The molecule has 3 aromatic rings. The number of ether oxygens (including phenoxy) is 1. The first-order chi connectivity index (χ1) is 15.6. The molecule has 2 heterocycles. The van der Waals surface area contributed by atoms with E-state index in [1.165, 1.54) is 36.8 Å². The third kappa shape index (κ3) is 5.44. The Labute approximate surface area is 195 Å². The monoisotopic (exact) mass is 465 g/mol. The van der Waals surface area contributed by atoms with Gasteiger partial charge in [-0.25, -0.2) is 0 Å². The maximum atomic E-state index is 12.7. The highest BCUT2D eigenvalue weighted by atomic mass is 32.2. The molecule has 8 heteroatoms. The lowest BCUT2D eigenvalue weighted by Gasteiger charge is -2.21. The summed E-state index contributed by atoms with van der Waals surface area (Å²) in [5, 5.41) is 5.70. The zero-order valence-electron chi connectivity index (χ0n) is 17.5. The van der Waals surface area contributed by atoms with Crippen molar-refractivity contribution in [2.45, 2.75) is 11.0 Å². The third-order valence-corrected chi connectivity index (χ3v) is 7.92. The van der Waals surface area contributed by atoms with E-state index in [-0.39, 0.29) is 11.8 Å². The van der Waals surface area contributed by atoms with Crippen molar-refractivity contribution in [3.05, 3.63) is 83.7 Å². The number of thioether (sulfide) groups is 2. The molecule has 4 rings (SSSR count). The van der Waals surface area contributed by atoms with Gasteiger partial charge in [0.15, 0.2) is 0 Å². The molecular formula is C24H23N3O3S2. The van der Waals surface area contributed by atoms with Crippen molar-refractivity contribution in [1.29, 1.82) is 0 Å². The fourth-order valence-corrected chi connectivity index (χ4v) is 6.13. The SMILES string of the molecule is COc1cc(NC(=O)c2ccc(C3SCCCS3)cc2)ccc1NC(=O)c1cccnc1. The Balaban J connectivity index is 1.42. The minimum atomic E-state index is -0.289. The molecule has 1 aliphatic rings. The van der Waals surface area contributed by atoms with Crippen molar-refractivity contribution >= 4 is 46.7 Å². The van der Waals surface area contributed by atoms with E-state index in [9.17, 15) is 9.59 Å².